The predicted molar refractivity (Wildman–Crippen MR) is 77.5 cm³/mol. The summed E-state index contributed by atoms with van der Waals surface area (Å²) >= 11 is 0. The SMILES string of the molecule is COCCCn1ccnc1NCCN1CCCCC1. The quantitative estimate of drug-likeness (QED) is 0.729. The number of rotatable bonds is 8. The van der Waals surface area contributed by atoms with E-state index < -0.39 is 0 Å². The second-order valence-electron chi connectivity index (χ2n) is 5.12. The van der Waals surface area contributed by atoms with Crippen molar-refractivity contribution in [2.45, 2.75) is 32.2 Å². The summed E-state index contributed by atoms with van der Waals surface area (Å²) in [5.74, 6) is 0.980. The van der Waals surface area contributed by atoms with E-state index in [1.165, 1.54) is 32.4 Å². The lowest BCUT2D eigenvalue weighted by atomic mass is 10.1. The van der Waals surface area contributed by atoms with Crippen LogP contribution in [0.25, 0.3) is 0 Å². The first-order chi connectivity index (χ1) is 9.40. The number of hydrogen-bond donors (Lipinski definition) is 1. The minimum absolute atomic E-state index is 0.797. The summed E-state index contributed by atoms with van der Waals surface area (Å²) in [7, 11) is 1.74. The maximum Gasteiger partial charge on any atom is 0.202 e. The topological polar surface area (TPSA) is 42.3 Å². The van der Waals surface area contributed by atoms with Crippen LogP contribution in [0.2, 0.25) is 0 Å². The zero-order valence-electron chi connectivity index (χ0n) is 12.0. The van der Waals surface area contributed by atoms with Crippen LogP contribution >= 0.6 is 0 Å². The van der Waals surface area contributed by atoms with Gasteiger partial charge in [0.05, 0.1) is 0 Å². The molecule has 0 atom stereocenters. The van der Waals surface area contributed by atoms with Gasteiger partial charge in [0.1, 0.15) is 0 Å². The van der Waals surface area contributed by atoms with E-state index in [9.17, 15) is 0 Å². The van der Waals surface area contributed by atoms with Crippen molar-refractivity contribution >= 4 is 5.95 Å². The number of piperidine rings is 1. The van der Waals surface area contributed by atoms with Crippen LogP contribution < -0.4 is 5.32 Å². The van der Waals surface area contributed by atoms with Gasteiger partial charge in [-0.15, -0.1) is 0 Å². The largest absolute Gasteiger partial charge is 0.385 e. The van der Waals surface area contributed by atoms with Crippen molar-refractivity contribution < 1.29 is 4.74 Å². The fourth-order valence-corrected chi connectivity index (χ4v) is 2.54. The molecule has 1 N–H and O–H groups in total. The van der Waals surface area contributed by atoms with E-state index in [2.05, 4.69) is 19.8 Å². The molecule has 1 fully saturated rings. The normalized spacial score (nSPS) is 16.7. The van der Waals surface area contributed by atoms with Crippen molar-refractivity contribution in [3.63, 3.8) is 0 Å². The first-order valence-corrected chi connectivity index (χ1v) is 7.36. The number of imidazole rings is 1. The Bertz CT molecular complexity index is 347. The fraction of sp³-hybridized carbons (Fsp3) is 0.786. The van der Waals surface area contributed by atoms with Gasteiger partial charge in [0, 0.05) is 45.7 Å². The van der Waals surface area contributed by atoms with Crippen molar-refractivity contribution in [2.75, 3.05) is 45.2 Å². The monoisotopic (exact) mass is 266 g/mol. The molecule has 0 aliphatic carbocycles. The Labute approximate surface area is 116 Å². The Kier molecular flexibility index (Phi) is 6.17. The van der Waals surface area contributed by atoms with E-state index in [1.54, 1.807) is 7.11 Å². The molecule has 1 aromatic rings. The van der Waals surface area contributed by atoms with Gasteiger partial charge in [-0.25, -0.2) is 4.98 Å². The number of ether oxygens (including phenoxy) is 1. The van der Waals surface area contributed by atoms with E-state index in [0.29, 0.717) is 0 Å². The van der Waals surface area contributed by atoms with Gasteiger partial charge in [-0.05, 0) is 32.4 Å². The van der Waals surface area contributed by atoms with Gasteiger partial charge in [-0.1, -0.05) is 6.42 Å². The van der Waals surface area contributed by atoms with E-state index >= 15 is 0 Å². The molecule has 0 amide bonds. The number of likely N-dealkylation sites (tertiary alicyclic amines) is 1. The highest BCUT2D eigenvalue weighted by atomic mass is 16.5. The van der Waals surface area contributed by atoms with Crippen molar-refractivity contribution in [3.05, 3.63) is 12.4 Å². The predicted octanol–water partition coefficient (Wildman–Crippen LogP) is 1.82. The van der Waals surface area contributed by atoms with Gasteiger partial charge in [0.15, 0.2) is 0 Å². The molecule has 0 saturated carbocycles. The smallest absolute Gasteiger partial charge is 0.202 e. The molecule has 2 heterocycles. The first kappa shape index (κ1) is 14.3. The molecule has 5 heteroatoms. The summed E-state index contributed by atoms with van der Waals surface area (Å²) in [6, 6.07) is 0. The number of hydrogen-bond acceptors (Lipinski definition) is 4. The van der Waals surface area contributed by atoms with Gasteiger partial charge in [-0.2, -0.15) is 0 Å². The van der Waals surface area contributed by atoms with Gasteiger partial charge >= 0.3 is 0 Å². The van der Waals surface area contributed by atoms with Crippen LogP contribution in [0.1, 0.15) is 25.7 Å². The molecule has 1 aliphatic rings. The molecular weight excluding hydrogens is 240 g/mol. The van der Waals surface area contributed by atoms with Crippen LogP contribution in [-0.4, -0.2) is 54.3 Å². The molecule has 19 heavy (non-hydrogen) atoms. The molecule has 0 spiro atoms. The van der Waals surface area contributed by atoms with E-state index in [-0.39, 0.29) is 0 Å². The lowest BCUT2D eigenvalue weighted by Crippen LogP contribution is -2.34. The molecule has 108 valence electrons. The third kappa shape index (κ3) is 4.84. The van der Waals surface area contributed by atoms with E-state index in [1.807, 2.05) is 12.4 Å². The average molecular weight is 266 g/mol. The third-order valence-corrected chi connectivity index (χ3v) is 3.62. The van der Waals surface area contributed by atoms with Crippen LogP contribution in [0.15, 0.2) is 12.4 Å². The first-order valence-electron chi connectivity index (χ1n) is 7.36. The number of anilines is 1. The molecule has 1 aliphatic heterocycles. The maximum absolute atomic E-state index is 5.08. The van der Waals surface area contributed by atoms with Gasteiger partial charge in [0.25, 0.3) is 0 Å². The number of nitrogens with one attached hydrogen (secondary N) is 1. The highest BCUT2D eigenvalue weighted by Crippen LogP contribution is 2.09. The van der Waals surface area contributed by atoms with Crippen molar-refractivity contribution in [1.29, 1.82) is 0 Å². The van der Waals surface area contributed by atoms with Gasteiger partial charge in [0.2, 0.25) is 5.95 Å². The molecule has 0 aromatic carbocycles. The van der Waals surface area contributed by atoms with Crippen molar-refractivity contribution in [1.82, 2.24) is 14.5 Å². The number of methoxy groups -OCH3 is 1. The van der Waals surface area contributed by atoms with Crippen LogP contribution in [0.4, 0.5) is 5.95 Å². The van der Waals surface area contributed by atoms with Crippen LogP contribution in [0, 0.1) is 0 Å². The Balaban J connectivity index is 1.68. The van der Waals surface area contributed by atoms with Crippen LogP contribution in [-0.2, 0) is 11.3 Å². The minimum Gasteiger partial charge on any atom is -0.385 e. The molecule has 0 unspecified atom stereocenters. The molecule has 1 saturated heterocycles. The summed E-state index contributed by atoms with van der Waals surface area (Å²) in [5.41, 5.74) is 0. The second kappa shape index (κ2) is 8.17. The number of nitrogens with zero attached hydrogens (tertiary/aromatic N) is 3. The Morgan fingerprint density at radius 3 is 2.89 bits per heavy atom. The van der Waals surface area contributed by atoms with E-state index in [4.69, 9.17) is 4.74 Å². The van der Waals surface area contributed by atoms with Crippen LogP contribution in [0.5, 0.6) is 0 Å². The number of aryl methyl sites for hydroxylation is 1. The zero-order chi connectivity index (χ0) is 13.3. The molecule has 2 rings (SSSR count). The van der Waals surface area contributed by atoms with Gasteiger partial charge in [-0.3, -0.25) is 0 Å². The summed E-state index contributed by atoms with van der Waals surface area (Å²) in [5, 5.41) is 3.44. The summed E-state index contributed by atoms with van der Waals surface area (Å²) in [6.07, 6.45) is 9.01. The second-order valence-corrected chi connectivity index (χ2v) is 5.12. The summed E-state index contributed by atoms with van der Waals surface area (Å²) in [4.78, 5) is 6.91. The summed E-state index contributed by atoms with van der Waals surface area (Å²) < 4.78 is 7.24. The van der Waals surface area contributed by atoms with Crippen molar-refractivity contribution in [3.8, 4) is 0 Å². The lowest BCUT2D eigenvalue weighted by Gasteiger charge is -2.26. The lowest BCUT2D eigenvalue weighted by molar-refractivity contribution is 0.190. The Morgan fingerprint density at radius 2 is 2.11 bits per heavy atom. The van der Waals surface area contributed by atoms with Crippen LogP contribution in [0.3, 0.4) is 0 Å². The third-order valence-electron chi connectivity index (χ3n) is 3.62. The minimum atomic E-state index is 0.797. The fourth-order valence-electron chi connectivity index (χ4n) is 2.54. The molecular formula is C14H26N4O. The molecule has 1 aromatic heterocycles. The molecule has 5 nitrogen and oxygen atoms in total. The van der Waals surface area contributed by atoms with Gasteiger partial charge < -0.3 is 19.5 Å². The molecule has 0 bridgehead atoms. The number of aromatic nitrogens is 2. The highest BCUT2D eigenvalue weighted by molar-refractivity contribution is 5.25. The zero-order valence-corrected chi connectivity index (χ0v) is 12.0. The van der Waals surface area contributed by atoms with Crippen molar-refractivity contribution in [2.24, 2.45) is 0 Å². The summed E-state index contributed by atoms with van der Waals surface area (Å²) in [6.45, 7) is 6.35. The highest BCUT2D eigenvalue weighted by Gasteiger charge is 2.09. The standard InChI is InChI=1S/C14H26N4O/c1-19-13-5-10-18-12-7-16-14(18)15-6-11-17-8-3-2-4-9-17/h7,12H,2-6,8-11,13H2,1H3,(H,15,16). The average Bonchev–Trinajstić information content (AvgIpc) is 2.88. The Morgan fingerprint density at radius 1 is 1.26 bits per heavy atom. The Hall–Kier alpha value is -1.07. The van der Waals surface area contributed by atoms with E-state index in [0.717, 1.165) is 38.6 Å². The maximum atomic E-state index is 5.08. The molecule has 0 radical (unpaired) electrons.